The Kier molecular flexibility index (Phi) is 5.10. The van der Waals surface area contributed by atoms with Crippen molar-refractivity contribution in [2.75, 3.05) is 17.7 Å². The SMILES string of the molecule is CCOC(C)c1nc(C)c(C(=O)Nc2cc(F)ccc2N)s1. The highest BCUT2D eigenvalue weighted by atomic mass is 32.1. The molecule has 2 aromatic rings. The molecule has 0 aliphatic carbocycles. The van der Waals surface area contributed by atoms with Gasteiger partial charge in [0.25, 0.3) is 5.91 Å². The van der Waals surface area contributed by atoms with Gasteiger partial charge in [0.05, 0.1) is 17.1 Å². The van der Waals surface area contributed by atoms with Crippen LogP contribution in [0.1, 0.15) is 40.3 Å². The highest BCUT2D eigenvalue weighted by Crippen LogP contribution is 2.27. The standard InChI is InChI=1S/C15H18FN3O2S/c1-4-21-9(3)15-18-8(2)13(22-15)14(20)19-12-7-10(16)5-6-11(12)17/h5-7,9H,4,17H2,1-3H3,(H,19,20). The summed E-state index contributed by atoms with van der Waals surface area (Å²) in [5.41, 5.74) is 6.90. The van der Waals surface area contributed by atoms with E-state index in [1.165, 1.54) is 29.5 Å². The Morgan fingerprint density at radius 1 is 1.55 bits per heavy atom. The smallest absolute Gasteiger partial charge is 0.267 e. The van der Waals surface area contributed by atoms with Crippen LogP contribution in [0.5, 0.6) is 0 Å². The van der Waals surface area contributed by atoms with Crippen molar-refractivity contribution < 1.29 is 13.9 Å². The molecule has 118 valence electrons. The highest BCUT2D eigenvalue weighted by molar-refractivity contribution is 7.14. The second-order valence-electron chi connectivity index (χ2n) is 4.75. The molecule has 1 heterocycles. The fourth-order valence-corrected chi connectivity index (χ4v) is 2.90. The summed E-state index contributed by atoms with van der Waals surface area (Å²) in [5.74, 6) is -0.821. The third kappa shape index (κ3) is 3.61. The molecule has 1 amide bonds. The average molecular weight is 323 g/mol. The Morgan fingerprint density at radius 3 is 2.95 bits per heavy atom. The van der Waals surface area contributed by atoms with E-state index in [0.29, 0.717) is 22.9 Å². The van der Waals surface area contributed by atoms with Crippen LogP contribution in [0.3, 0.4) is 0 Å². The summed E-state index contributed by atoms with van der Waals surface area (Å²) >= 11 is 1.26. The maximum Gasteiger partial charge on any atom is 0.267 e. The van der Waals surface area contributed by atoms with Gasteiger partial charge < -0.3 is 15.8 Å². The minimum atomic E-state index is -0.462. The second-order valence-corrected chi connectivity index (χ2v) is 5.78. The van der Waals surface area contributed by atoms with Gasteiger partial charge in [-0.1, -0.05) is 0 Å². The molecule has 5 nitrogen and oxygen atoms in total. The summed E-state index contributed by atoms with van der Waals surface area (Å²) in [6.45, 7) is 6.11. The van der Waals surface area contributed by atoms with Crippen molar-refractivity contribution in [2.45, 2.75) is 26.9 Å². The van der Waals surface area contributed by atoms with Gasteiger partial charge in [0.1, 0.15) is 21.8 Å². The number of nitrogens with one attached hydrogen (secondary N) is 1. The quantitative estimate of drug-likeness (QED) is 0.825. The molecule has 0 bridgehead atoms. The summed E-state index contributed by atoms with van der Waals surface area (Å²) in [7, 11) is 0. The number of aryl methyl sites for hydroxylation is 1. The molecule has 0 radical (unpaired) electrons. The number of aromatic nitrogens is 1. The molecule has 1 atom stereocenters. The molecule has 1 aromatic carbocycles. The van der Waals surface area contributed by atoms with E-state index in [2.05, 4.69) is 10.3 Å². The maximum absolute atomic E-state index is 13.2. The van der Waals surface area contributed by atoms with Gasteiger partial charge in [-0.2, -0.15) is 0 Å². The zero-order valence-corrected chi connectivity index (χ0v) is 13.5. The van der Waals surface area contributed by atoms with Crippen molar-refractivity contribution in [3.63, 3.8) is 0 Å². The number of hydrogen-bond acceptors (Lipinski definition) is 5. The number of nitrogens with two attached hydrogens (primary N) is 1. The van der Waals surface area contributed by atoms with E-state index in [4.69, 9.17) is 10.5 Å². The molecule has 0 aliphatic heterocycles. The van der Waals surface area contributed by atoms with Gasteiger partial charge >= 0.3 is 0 Å². The van der Waals surface area contributed by atoms with Crippen LogP contribution in [-0.4, -0.2) is 17.5 Å². The molecule has 22 heavy (non-hydrogen) atoms. The molecule has 1 unspecified atom stereocenters. The van der Waals surface area contributed by atoms with Crippen molar-refractivity contribution in [2.24, 2.45) is 0 Å². The summed E-state index contributed by atoms with van der Waals surface area (Å²) < 4.78 is 18.7. The molecule has 3 N–H and O–H groups in total. The Morgan fingerprint density at radius 2 is 2.27 bits per heavy atom. The normalized spacial score (nSPS) is 12.2. The van der Waals surface area contributed by atoms with Crippen molar-refractivity contribution in [3.05, 3.63) is 39.6 Å². The number of carbonyl (C=O) groups excluding carboxylic acids is 1. The van der Waals surface area contributed by atoms with E-state index in [1.54, 1.807) is 6.92 Å². The lowest BCUT2D eigenvalue weighted by atomic mass is 10.2. The molecule has 0 saturated heterocycles. The number of amides is 1. The number of halogens is 1. The zero-order chi connectivity index (χ0) is 16.3. The summed E-state index contributed by atoms with van der Waals surface area (Å²) in [5, 5.41) is 3.35. The summed E-state index contributed by atoms with van der Waals surface area (Å²) in [6, 6.07) is 3.84. The largest absolute Gasteiger partial charge is 0.397 e. The van der Waals surface area contributed by atoms with E-state index >= 15 is 0 Å². The summed E-state index contributed by atoms with van der Waals surface area (Å²) in [6.07, 6.45) is -0.172. The van der Waals surface area contributed by atoms with Gasteiger partial charge in [-0.3, -0.25) is 4.79 Å². The monoisotopic (exact) mass is 323 g/mol. The average Bonchev–Trinajstić information content (AvgIpc) is 2.85. The van der Waals surface area contributed by atoms with Crippen LogP contribution in [0, 0.1) is 12.7 Å². The highest BCUT2D eigenvalue weighted by Gasteiger charge is 2.19. The Hall–Kier alpha value is -1.99. The number of anilines is 2. The molecule has 0 fully saturated rings. The van der Waals surface area contributed by atoms with Crippen LogP contribution in [0.25, 0.3) is 0 Å². The number of nitrogen functional groups attached to an aromatic ring is 1. The predicted octanol–water partition coefficient (Wildman–Crippen LogP) is 3.52. The summed E-state index contributed by atoms with van der Waals surface area (Å²) in [4.78, 5) is 17.2. The third-order valence-corrected chi connectivity index (χ3v) is 4.36. The van der Waals surface area contributed by atoms with E-state index < -0.39 is 5.82 Å². The lowest BCUT2D eigenvalue weighted by Crippen LogP contribution is -2.13. The Labute approximate surface area is 132 Å². The Bertz CT molecular complexity index is 687. The van der Waals surface area contributed by atoms with Gasteiger partial charge in [0.15, 0.2) is 0 Å². The number of nitrogens with zero attached hydrogens (tertiary/aromatic N) is 1. The molecule has 7 heteroatoms. The lowest BCUT2D eigenvalue weighted by Gasteiger charge is -2.08. The van der Waals surface area contributed by atoms with Crippen LogP contribution in [-0.2, 0) is 4.74 Å². The molecule has 0 spiro atoms. The lowest BCUT2D eigenvalue weighted by molar-refractivity contribution is 0.0761. The van der Waals surface area contributed by atoms with E-state index in [9.17, 15) is 9.18 Å². The maximum atomic E-state index is 13.2. The third-order valence-electron chi connectivity index (χ3n) is 3.05. The first-order valence-electron chi connectivity index (χ1n) is 6.87. The van der Waals surface area contributed by atoms with Gasteiger partial charge in [0, 0.05) is 6.61 Å². The first-order valence-corrected chi connectivity index (χ1v) is 7.69. The van der Waals surface area contributed by atoms with Crippen LogP contribution < -0.4 is 11.1 Å². The van der Waals surface area contributed by atoms with E-state index in [1.807, 2.05) is 13.8 Å². The topological polar surface area (TPSA) is 77.2 Å². The van der Waals surface area contributed by atoms with Crippen LogP contribution in [0.15, 0.2) is 18.2 Å². The Balaban J connectivity index is 2.21. The molecule has 0 saturated carbocycles. The van der Waals surface area contributed by atoms with Crippen LogP contribution >= 0.6 is 11.3 Å². The number of benzene rings is 1. The number of ether oxygens (including phenoxy) is 1. The van der Waals surface area contributed by atoms with Gasteiger partial charge in [-0.25, -0.2) is 9.37 Å². The predicted molar refractivity (Wildman–Crippen MR) is 85.7 cm³/mol. The van der Waals surface area contributed by atoms with Crippen molar-refractivity contribution in [1.29, 1.82) is 0 Å². The number of rotatable bonds is 5. The first-order chi connectivity index (χ1) is 10.4. The number of thiazole rings is 1. The molecule has 0 aliphatic rings. The number of carbonyl (C=O) groups is 1. The zero-order valence-electron chi connectivity index (χ0n) is 12.6. The van der Waals surface area contributed by atoms with Crippen molar-refractivity contribution >= 4 is 28.6 Å². The van der Waals surface area contributed by atoms with E-state index in [-0.39, 0.29) is 17.7 Å². The molecular weight excluding hydrogens is 305 g/mol. The molecular formula is C15H18FN3O2S. The minimum Gasteiger partial charge on any atom is -0.397 e. The van der Waals surface area contributed by atoms with Crippen LogP contribution in [0.2, 0.25) is 0 Å². The van der Waals surface area contributed by atoms with Gasteiger partial charge in [-0.05, 0) is 39.0 Å². The molecule has 1 aromatic heterocycles. The van der Waals surface area contributed by atoms with Gasteiger partial charge in [0.2, 0.25) is 0 Å². The fraction of sp³-hybridized carbons (Fsp3) is 0.333. The first kappa shape index (κ1) is 16.4. The fourth-order valence-electron chi connectivity index (χ4n) is 1.94. The van der Waals surface area contributed by atoms with Crippen molar-refractivity contribution in [3.8, 4) is 0 Å². The minimum absolute atomic E-state index is 0.172. The van der Waals surface area contributed by atoms with Crippen LogP contribution in [0.4, 0.5) is 15.8 Å². The van der Waals surface area contributed by atoms with Gasteiger partial charge in [-0.15, -0.1) is 11.3 Å². The molecule has 2 rings (SSSR count). The number of hydrogen-bond donors (Lipinski definition) is 2. The second kappa shape index (κ2) is 6.85. The van der Waals surface area contributed by atoms with E-state index in [0.717, 1.165) is 5.01 Å². The van der Waals surface area contributed by atoms with Crippen molar-refractivity contribution in [1.82, 2.24) is 4.98 Å².